The molecule has 1 N–H and O–H groups in total. The summed E-state index contributed by atoms with van der Waals surface area (Å²) in [5.41, 5.74) is 1.77. The number of aromatic hydroxyl groups is 1. The Kier molecular flexibility index (Phi) is 4.59. The van der Waals surface area contributed by atoms with Gasteiger partial charge in [0.15, 0.2) is 6.29 Å². The first-order valence-electron chi connectivity index (χ1n) is 5.21. The molecule has 0 aliphatic rings. The molecule has 0 saturated heterocycles. The van der Waals surface area contributed by atoms with Gasteiger partial charge in [-0.15, -0.1) is 0 Å². The molecule has 0 aliphatic carbocycles. The van der Waals surface area contributed by atoms with Crippen LogP contribution in [0, 0.1) is 6.92 Å². The number of phenolic OH excluding ortho intramolecular Hbond substituents is 1. The van der Waals surface area contributed by atoms with Gasteiger partial charge in [-0.3, -0.25) is 0 Å². The van der Waals surface area contributed by atoms with E-state index in [0.717, 1.165) is 11.1 Å². The maximum absolute atomic E-state index is 9.40. The summed E-state index contributed by atoms with van der Waals surface area (Å²) in [6, 6.07) is 5.36. The second kappa shape index (κ2) is 5.73. The van der Waals surface area contributed by atoms with E-state index in [-0.39, 0.29) is 6.29 Å². The monoisotopic (exact) mass is 210 g/mol. The predicted octanol–water partition coefficient (Wildman–Crippen LogP) is 2.77. The summed E-state index contributed by atoms with van der Waals surface area (Å²) in [6.07, 6.45) is -0.334. The summed E-state index contributed by atoms with van der Waals surface area (Å²) in [5.74, 6) is 0.297. The van der Waals surface area contributed by atoms with Crippen LogP contribution in [-0.2, 0) is 9.47 Å². The number of hydrogen-bond acceptors (Lipinski definition) is 3. The van der Waals surface area contributed by atoms with Gasteiger partial charge >= 0.3 is 0 Å². The molecule has 0 bridgehead atoms. The third-order valence-electron chi connectivity index (χ3n) is 2.13. The number of rotatable bonds is 5. The lowest BCUT2D eigenvalue weighted by molar-refractivity contribution is -0.140. The zero-order chi connectivity index (χ0) is 11.3. The fourth-order valence-corrected chi connectivity index (χ4v) is 1.37. The normalized spacial score (nSPS) is 10.9. The molecule has 0 saturated carbocycles. The highest BCUT2D eigenvalue weighted by atomic mass is 16.7. The largest absolute Gasteiger partial charge is 0.508 e. The molecule has 0 heterocycles. The van der Waals surface area contributed by atoms with Crippen LogP contribution in [-0.4, -0.2) is 18.3 Å². The maximum Gasteiger partial charge on any atom is 0.183 e. The van der Waals surface area contributed by atoms with Crippen LogP contribution in [0.25, 0.3) is 0 Å². The van der Waals surface area contributed by atoms with E-state index in [1.807, 2.05) is 32.9 Å². The first-order chi connectivity index (χ1) is 7.19. The SMILES string of the molecule is CCOC(OCC)c1ccc(O)c(C)c1. The van der Waals surface area contributed by atoms with Crippen molar-refractivity contribution >= 4 is 0 Å². The van der Waals surface area contributed by atoms with E-state index in [2.05, 4.69) is 0 Å². The minimum atomic E-state index is -0.334. The lowest BCUT2D eigenvalue weighted by atomic mass is 10.1. The zero-order valence-electron chi connectivity index (χ0n) is 9.49. The number of aryl methyl sites for hydroxylation is 1. The molecule has 0 atom stereocenters. The highest BCUT2D eigenvalue weighted by molar-refractivity contribution is 5.35. The Bertz CT molecular complexity index is 304. The molecule has 3 nitrogen and oxygen atoms in total. The molecule has 0 unspecified atom stereocenters. The van der Waals surface area contributed by atoms with Crippen LogP contribution < -0.4 is 0 Å². The zero-order valence-corrected chi connectivity index (χ0v) is 9.49. The molecule has 0 spiro atoms. The quantitative estimate of drug-likeness (QED) is 0.759. The lowest BCUT2D eigenvalue weighted by Gasteiger charge is -2.17. The fraction of sp³-hybridized carbons (Fsp3) is 0.500. The van der Waals surface area contributed by atoms with Gasteiger partial charge in [0.25, 0.3) is 0 Å². The van der Waals surface area contributed by atoms with Gasteiger partial charge in [0.05, 0.1) is 0 Å². The summed E-state index contributed by atoms with van der Waals surface area (Å²) < 4.78 is 10.9. The Morgan fingerprint density at radius 1 is 1.20 bits per heavy atom. The van der Waals surface area contributed by atoms with Gasteiger partial charge in [0.2, 0.25) is 0 Å². The van der Waals surface area contributed by atoms with Crippen LogP contribution in [0.4, 0.5) is 0 Å². The second-order valence-corrected chi connectivity index (χ2v) is 3.29. The van der Waals surface area contributed by atoms with Gasteiger partial charge in [-0.2, -0.15) is 0 Å². The van der Waals surface area contributed by atoms with E-state index in [9.17, 15) is 5.11 Å². The standard InChI is InChI=1S/C12H18O3/c1-4-14-12(15-5-2)10-6-7-11(13)9(3)8-10/h6-8,12-13H,4-5H2,1-3H3. The van der Waals surface area contributed by atoms with Crippen molar-refractivity contribution in [1.82, 2.24) is 0 Å². The van der Waals surface area contributed by atoms with Crippen molar-refractivity contribution in [1.29, 1.82) is 0 Å². The Labute approximate surface area is 90.6 Å². The van der Waals surface area contributed by atoms with E-state index < -0.39 is 0 Å². The molecule has 0 amide bonds. The van der Waals surface area contributed by atoms with Gasteiger partial charge < -0.3 is 14.6 Å². The molecule has 1 aromatic carbocycles. The van der Waals surface area contributed by atoms with Gasteiger partial charge in [0.1, 0.15) is 5.75 Å². The molecule has 84 valence electrons. The average molecular weight is 210 g/mol. The molecule has 15 heavy (non-hydrogen) atoms. The van der Waals surface area contributed by atoms with Crippen LogP contribution in [0.2, 0.25) is 0 Å². The first-order valence-corrected chi connectivity index (χ1v) is 5.21. The first kappa shape index (κ1) is 12.0. The summed E-state index contributed by atoms with van der Waals surface area (Å²) in [7, 11) is 0. The molecule has 0 fully saturated rings. The molecule has 1 aromatic rings. The summed E-state index contributed by atoms with van der Waals surface area (Å²) >= 11 is 0. The van der Waals surface area contributed by atoms with E-state index in [0.29, 0.717) is 19.0 Å². The van der Waals surface area contributed by atoms with Crippen LogP contribution >= 0.6 is 0 Å². The third-order valence-corrected chi connectivity index (χ3v) is 2.13. The fourth-order valence-electron chi connectivity index (χ4n) is 1.37. The minimum absolute atomic E-state index is 0.297. The van der Waals surface area contributed by atoms with Crippen molar-refractivity contribution in [3.63, 3.8) is 0 Å². The van der Waals surface area contributed by atoms with Gasteiger partial charge in [-0.05, 0) is 38.5 Å². The Balaban J connectivity index is 2.85. The second-order valence-electron chi connectivity index (χ2n) is 3.29. The molecule has 0 aromatic heterocycles. The Morgan fingerprint density at radius 2 is 1.80 bits per heavy atom. The summed E-state index contributed by atoms with van der Waals surface area (Å²) in [6.45, 7) is 6.92. The minimum Gasteiger partial charge on any atom is -0.508 e. The molecule has 0 radical (unpaired) electrons. The van der Waals surface area contributed by atoms with Crippen LogP contribution in [0.3, 0.4) is 0 Å². The highest BCUT2D eigenvalue weighted by Gasteiger charge is 2.11. The van der Waals surface area contributed by atoms with E-state index in [4.69, 9.17) is 9.47 Å². The van der Waals surface area contributed by atoms with Gasteiger partial charge in [0, 0.05) is 18.8 Å². The Hall–Kier alpha value is -1.06. The molecule has 1 rings (SSSR count). The summed E-state index contributed by atoms with van der Waals surface area (Å²) in [5, 5.41) is 9.40. The van der Waals surface area contributed by atoms with Crippen molar-refractivity contribution in [3.05, 3.63) is 29.3 Å². The van der Waals surface area contributed by atoms with E-state index >= 15 is 0 Å². The van der Waals surface area contributed by atoms with Crippen molar-refractivity contribution in [2.24, 2.45) is 0 Å². The predicted molar refractivity (Wildman–Crippen MR) is 58.8 cm³/mol. The average Bonchev–Trinajstić information content (AvgIpc) is 2.22. The Morgan fingerprint density at radius 3 is 2.27 bits per heavy atom. The highest BCUT2D eigenvalue weighted by Crippen LogP contribution is 2.24. The van der Waals surface area contributed by atoms with Gasteiger partial charge in [-0.25, -0.2) is 0 Å². The van der Waals surface area contributed by atoms with Crippen LogP contribution in [0.1, 0.15) is 31.3 Å². The number of benzene rings is 1. The number of phenols is 1. The van der Waals surface area contributed by atoms with E-state index in [1.54, 1.807) is 6.07 Å². The van der Waals surface area contributed by atoms with Crippen molar-refractivity contribution in [2.45, 2.75) is 27.1 Å². The molecule has 0 aliphatic heterocycles. The number of hydrogen-bond donors (Lipinski definition) is 1. The van der Waals surface area contributed by atoms with Crippen molar-refractivity contribution in [2.75, 3.05) is 13.2 Å². The molecule has 3 heteroatoms. The molecular weight excluding hydrogens is 192 g/mol. The molecular formula is C12H18O3. The van der Waals surface area contributed by atoms with Gasteiger partial charge in [-0.1, -0.05) is 6.07 Å². The van der Waals surface area contributed by atoms with E-state index in [1.165, 1.54) is 0 Å². The maximum atomic E-state index is 9.40. The smallest absolute Gasteiger partial charge is 0.183 e. The van der Waals surface area contributed by atoms with Crippen molar-refractivity contribution in [3.8, 4) is 5.75 Å². The van der Waals surface area contributed by atoms with Crippen LogP contribution in [0.15, 0.2) is 18.2 Å². The third kappa shape index (κ3) is 3.22. The van der Waals surface area contributed by atoms with Crippen molar-refractivity contribution < 1.29 is 14.6 Å². The number of ether oxygens (including phenoxy) is 2. The van der Waals surface area contributed by atoms with Crippen LogP contribution in [0.5, 0.6) is 5.75 Å². The lowest BCUT2D eigenvalue weighted by Crippen LogP contribution is -2.08. The topological polar surface area (TPSA) is 38.7 Å². The summed E-state index contributed by atoms with van der Waals surface area (Å²) in [4.78, 5) is 0.